The smallest absolute Gasteiger partial charge is 0.430 e. The van der Waals surface area contributed by atoms with Crippen LogP contribution in [0.2, 0.25) is 0 Å². The molecule has 15 heteroatoms. The molecule has 0 aliphatic rings. The maximum atomic E-state index is 9.13. The van der Waals surface area contributed by atoms with Crippen LogP contribution in [-0.2, 0) is 10.4 Å². The quantitative estimate of drug-likeness (QED) is 0.0769. The summed E-state index contributed by atoms with van der Waals surface area (Å²) in [5.74, 6) is 2.46. The van der Waals surface area contributed by atoms with Crippen molar-refractivity contribution in [1.82, 2.24) is 0 Å². The fourth-order valence-electron chi connectivity index (χ4n) is 3.92. The van der Waals surface area contributed by atoms with E-state index in [4.69, 9.17) is 47.3 Å². The molecule has 0 aliphatic heterocycles. The molecule has 0 fully saturated rings. The van der Waals surface area contributed by atoms with Gasteiger partial charge in [-0.1, -0.05) is 58.9 Å². The Bertz CT molecular complexity index is 1710. The predicted octanol–water partition coefficient (Wildman–Crippen LogP) is 9.52. The average Bonchev–Trinajstić information content (AvgIpc) is 3.05. The van der Waals surface area contributed by atoms with E-state index >= 15 is 0 Å². The summed E-state index contributed by atoms with van der Waals surface area (Å²) < 4.78 is 56.5. The van der Waals surface area contributed by atoms with Gasteiger partial charge in [-0.3, -0.25) is 8.42 Å². The second kappa shape index (κ2) is 20.8. The van der Waals surface area contributed by atoms with Crippen LogP contribution < -0.4 is 18.9 Å². The molecule has 0 heterocycles. The van der Waals surface area contributed by atoms with Gasteiger partial charge in [0.25, 0.3) is 0 Å². The van der Waals surface area contributed by atoms with Crippen LogP contribution in [0.3, 0.4) is 0 Å². The highest BCUT2D eigenvalue weighted by atomic mass is 32.3. The third-order valence-corrected chi connectivity index (χ3v) is 8.06. The summed E-state index contributed by atoms with van der Waals surface area (Å²) in [5, 5.41) is 18.3. The third kappa shape index (κ3) is 14.6. The molecule has 0 atom stereocenters. The van der Waals surface area contributed by atoms with E-state index in [-0.39, 0.29) is 0 Å². The Hall–Kier alpha value is -4.51. The van der Waals surface area contributed by atoms with Crippen molar-refractivity contribution in [1.29, 1.82) is 10.8 Å². The van der Waals surface area contributed by atoms with Gasteiger partial charge in [0.1, 0.15) is 11.5 Å². The molecule has 4 aromatic carbocycles. The summed E-state index contributed by atoms with van der Waals surface area (Å²) >= 11 is 3.19. The minimum Gasteiger partial charge on any atom is -0.759 e. The van der Waals surface area contributed by atoms with Gasteiger partial charge in [-0.2, -0.15) is 0 Å². The summed E-state index contributed by atoms with van der Waals surface area (Å²) in [6.45, 7) is 13.8. The average molecular weight is 727 g/mol. The maximum absolute atomic E-state index is 9.13. The Morgan fingerprint density at radius 2 is 0.857 bits per heavy atom. The molecule has 0 aliphatic carbocycles. The van der Waals surface area contributed by atoms with Gasteiger partial charge in [-0.25, -0.2) is 0 Å². The number of rotatable bonds is 12. The predicted molar refractivity (Wildman–Crippen MR) is 188 cm³/mol. The monoisotopic (exact) mass is 726 g/mol. The molecular formula is C34H38N4O8S3. The summed E-state index contributed by atoms with van der Waals surface area (Å²) in [5.41, 5.74) is 3.19. The summed E-state index contributed by atoms with van der Waals surface area (Å²) in [6, 6.07) is 23.7. The molecule has 260 valence electrons. The first-order valence-corrected chi connectivity index (χ1v) is 18.0. The van der Waals surface area contributed by atoms with Crippen molar-refractivity contribution in [2.24, 2.45) is 0 Å². The standard InChI is InChI=1S/2C17H19N2O2S.H2O4S/c2*1-4-20-15-11-17(16(21-5-2)10-14(15)19-18)22-13-8-6-12(3)7-9-13;1-5(2,3)4/h2*6-11H,4-5H2,1-3H3;(H2,1,2,3,4)/q2*+1;/p-2. The van der Waals surface area contributed by atoms with Crippen molar-refractivity contribution in [3.05, 3.63) is 93.9 Å². The molecule has 0 saturated carbocycles. The summed E-state index contributed by atoms with van der Waals surface area (Å²) in [7, 11) is -5.17. The lowest BCUT2D eigenvalue weighted by Gasteiger charge is -2.11. The van der Waals surface area contributed by atoms with Crippen molar-refractivity contribution in [2.45, 2.75) is 61.1 Å². The van der Waals surface area contributed by atoms with E-state index in [1.54, 1.807) is 35.7 Å². The van der Waals surface area contributed by atoms with Gasteiger partial charge in [0, 0.05) is 32.3 Å². The molecule has 0 N–H and O–H groups in total. The van der Waals surface area contributed by atoms with Crippen molar-refractivity contribution in [2.75, 3.05) is 26.4 Å². The van der Waals surface area contributed by atoms with Gasteiger partial charge in [0.15, 0.2) is 9.95 Å². The molecule has 0 unspecified atom stereocenters. The fraction of sp³-hybridized carbons (Fsp3) is 0.294. The Morgan fingerprint density at radius 1 is 0.571 bits per heavy atom. The minimum absolute atomic E-state index is 0.374. The van der Waals surface area contributed by atoms with E-state index in [1.807, 2.05) is 39.8 Å². The minimum atomic E-state index is -5.17. The van der Waals surface area contributed by atoms with Crippen LogP contribution in [0.25, 0.3) is 9.95 Å². The van der Waals surface area contributed by atoms with E-state index in [9.17, 15) is 0 Å². The lowest BCUT2D eigenvalue weighted by molar-refractivity contribution is 0.325. The third-order valence-electron chi connectivity index (χ3n) is 5.96. The molecule has 4 rings (SSSR count). The number of benzene rings is 4. The van der Waals surface area contributed by atoms with Gasteiger partial charge >= 0.3 is 11.4 Å². The molecule has 0 aromatic heterocycles. The Morgan fingerprint density at radius 3 is 1.12 bits per heavy atom. The number of aryl methyl sites for hydroxylation is 2. The van der Waals surface area contributed by atoms with Crippen molar-refractivity contribution in [3.8, 4) is 23.0 Å². The van der Waals surface area contributed by atoms with Crippen LogP contribution in [0.15, 0.2) is 92.4 Å². The molecule has 49 heavy (non-hydrogen) atoms. The molecule has 12 nitrogen and oxygen atoms in total. The van der Waals surface area contributed by atoms with Gasteiger partial charge in [0.2, 0.25) is 22.3 Å². The highest BCUT2D eigenvalue weighted by molar-refractivity contribution is 7.99. The molecule has 4 aromatic rings. The molecule has 0 bridgehead atoms. The van der Waals surface area contributed by atoms with E-state index in [1.165, 1.54) is 11.1 Å². The first kappa shape index (κ1) is 40.7. The van der Waals surface area contributed by atoms with E-state index in [0.717, 1.165) is 19.6 Å². The number of nitrogens with zero attached hydrogens (tertiary/aromatic N) is 4. The molecule has 0 radical (unpaired) electrons. The van der Waals surface area contributed by atoms with Gasteiger partial charge in [-0.15, -0.1) is 0 Å². The first-order valence-electron chi connectivity index (χ1n) is 15.1. The van der Waals surface area contributed by atoms with E-state index in [0.29, 0.717) is 60.8 Å². The second-order valence-corrected chi connectivity index (χ2v) is 12.8. The highest BCUT2D eigenvalue weighted by Crippen LogP contribution is 2.44. The van der Waals surface area contributed by atoms with Gasteiger partial charge < -0.3 is 28.1 Å². The van der Waals surface area contributed by atoms with Crippen LogP contribution in [-0.4, -0.2) is 44.0 Å². The zero-order chi connectivity index (χ0) is 36.4. The highest BCUT2D eigenvalue weighted by Gasteiger charge is 2.22. The fourth-order valence-corrected chi connectivity index (χ4v) is 5.74. The number of ether oxygens (including phenoxy) is 4. The number of diazo groups is 2. The van der Waals surface area contributed by atoms with Crippen molar-refractivity contribution < 1.29 is 36.5 Å². The topological polar surface area (TPSA) is 173 Å². The van der Waals surface area contributed by atoms with Crippen molar-refractivity contribution in [3.63, 3.8) is 0 Å². The lowest BCUT2D eigenvalue weighted by atomic mass is 10.2. The maximum Gasteiger partial charge on any atom is 0.430 e. The van der Waals surface area contributed by atoms with Crippen LogP contribution in [0.1, 0.15) is 38.8 Å². The summed E-state index contributed by atoms with van der Waals surface area (Å²) in [4.78, 5) is 10.6. The largest absolute Gasteiger partial charge is 0.759 e. The Balaban J connectivity index is 0.000000299. The number of hydrogen-bond acceptors (Lipinski definition) is 12. The number of hydrogen-bond donors (Lipinski definition) is 0. The SMILES string of the molecule is CCOc1cc(Sc2ccc(C)cc2)c(OCC)cc1[N+]#N.CCOc1cc(Sc2ccc(C)cc2)c(OCC)cc1[N+]#N.O=S(=O)([O-])[O-]. The van der Waals surface area contributed by atoms with Crippen LogP contribution in [0.4, 0.5) is 11.4 Å². The molecule has 0 spiro atoms. The van der Waals surface area contributed by atoms with Crippen molar-refractivity contribution >= 4 is 45.3 Å². The lowest BCUT2D eigenvalue weighted by Crippen LogP contribution is -1.96. The van der Waals surface area contributed by atoms with E-state index < -0.39 is 10.4 Å². The van der Waals surface area contributed by atoms with Gasteiger partial charge in [0.05, 0.1) is 48.4 Å². The molecular weight excluding hydrogens is 689 g/mol. The van der Waals surface area contributed by atoms with E-state index in [2.05, 4.69) is 72.3 Å². The Kier molecular flexibility index (Phi) is 17.2. The van der Waals surface area contributed by atoms with Crippen LogP contribution >= 0.6 is 23.5 Å². The zero-order valence-electron chi connectivity index (χ0n) is 28.0. The molecule has 0 amide bonds. The van der Waals surface area contributed by atoms with Crippen LogP contribution in [0, 0.1) is 24.6 Å². The Labute approximate surface area is 296 Å². The van der Waals surface area contributed by atoms with Gasteiger partial charge in [-0.05, 0) is 65.8 Å². The summed E-state index contributed by atoms with van der Waals surface area (Å²) in [6.07, 6.45) is 0. The normalized spacial score (nSPS) is 10.2. The van der Waals surface area contributed by atoms with Crippen LogP contribution in [0.5, 0.6) is 23.0 Å². The molecule has 0 saturated heterocycles. The first-order chi connectivity index (χ1) is 23.3. The second-order valence-electron chi connectivity index (χ2n) is 9.70. The zero-order valence-corrected chi connectivity index (χ0v) is 30.5.